The molecule has 1 fully saturated rings. The number of aromatic nitrogens is 3. The Labute approximate surface area is 107 Å². The third-order valence-electron chi connectivity index (χ3n) is 2.89. The van der Waals surface area contributed by atoms with Gasteiger partial charge in [0.05, 0.1) is 5.69 Å². The van der Waals surface area contributed by atoms with E-state index in [2.05, 4.69) is 15.5 Å². The average molecular weight is 259 g/mol. The third kappa shape index (κ3) is 1.73. The molecule has 3 amide bonds. The Kier molecular flexibility index (Phi) is 2.48. The molecule has 1 saturated heterocycles. The van der Waals surface area contributed by atoms with Gasteiger partial charge in [-0.3, -0.25) is 24.2 Å². The van der Waals surface area contributed by atoms with Crippen molar-refractivity contribution in [2.45, 2.75) is 6.42 Å². The molecule has 8 heteroatoms. The highest BCUT2D eigenvalue weighted by atomic mass is 16.2. The van der Waals surface area contributed by atoms with Crippen molar-refractivity contribution >= 4 is 29.6 Å². The third-order valence-corrected chi connectivity index (χ3v) is 2.89. The van der Waals surface area contributed by atoms with Gasteiger partial charge in [0, 0.05) is 19.2 Å². The van der Waals surface area contributed by atoms with Gasteiger partial charge in [-0.1, -0.05) is 0 Å². The zero-order valence-electron chi connectivity index (χ0n) is 9.74. The largest absolute Gasteiger partial charge is 0.328 e. The maximum atomic E-state index is 11.8. The maximum Gasteiger partial charge on any atom is 0.328 e. The average Bonchev–Trinajstić information content (AvgIpc) is 2.82. The van der Waals surface area contributed by atoms with Gasteiger partial charge in [0.2, 0.25) is 11.7 Å². The SMILES string of the molecule is O=Cc1nnc2c(N3CCC(=O)NC3=O)cccn12. The van der Waals surface area contributed by atoms with E-state index in [1.54, 1.807) is 18.3 Å². The number of imide groups is 1. The summed E-state index contributed by atoms with van der Waals surface area (Å²) in [6.45, 7) is 0.271. The number of pyridine rings is 1. The highest BCUT2D eigenvalue weighted by Crippen LogP contribution is 2.22. The van der Waals surface area contributed by atoms with Crippen LogP contribution in [0.15, 0.2) is 18.3 Å². The minimum Gasteiger partial charge on any atom is -0.294 e. The van der Waals surface area contributed by atoms with Crippen LogP contribution in [0.2, 0.25) is 0 Å². The molecule has 2 aromatic heterocycles. The molecule has 0 aromatic carbocycles. The standard InChI is InChI=1S/C11H9N5O3/c17-6-8-13-14-10-7(2-1-4-16(8)10)15-5-3-9(18)12-11(15)19/h1-2,4,6H,3,5H2,(H,12,18,19). The first-order chi connectivity index (χ1) is 9.20. The molecule has 1 N–H and O–H groups in total. The Hall–Kier alpha value is -2.77. The maximum absolute atomic E-state index is 11.8. The summed E-state index contributed by atoms with van der Waals surface area (Å²) < 4.78 is 1.49. The normalized spacial score (nSPS) is 15.7. The summed E-state index contributed by atoms with van der Waals surface area (Å²) in [5, 5.41) is 9.86. The number of carbonyl (C=O) groups is 3. The van der Waals surface area contributed by atoms with Gasteiger partial charge >= 0.3 is 6.03 Å². The van der Waals surface area contributed by atoms with Crippen molar-refractivity contribution in [3.05, 3.63) is 24.2 Å². The van der Waals surface area contributed by atoms with E-state index in [9.17, 15) is 14.4 Å². The van der Waals surface area contributed by atoms with Gasteiger partial charge in [0.25, 0.3) is 0 Å². The predicted molar refractivity (Wildman–Crippen MR) is 63.9 cm³/mol. The molecule has 1 aliphatic rings. The summed E-state index contributed by atoms with van der Waals surface area (Å²) in [7, 11) is 0. The number of hydrogen-bond donors (Lipinski definition) is 1. The molecular weight excluding hydrogens is 250 g/mol. The first kappa shape index (κ1) is 11.3. The van der Waals surface area contributed by atoms with Gasteiger partial charge in [-0.2, -0.15) is 0 Å². The zero-order chi connectivity index (χ0) is 13.4. The van der Waals surface area contributed by atoms with Crippen molar-refractivity contribution in [1.29, 1.82) is 0 Å². The molecule has 8 nitrogen and oxygen atoms in total. The molecule has 0 aliphatic carbocycles. The van der Waals surface area contributed by atoms with E-state index in [1.807, 2.05) is 0 Å². The van der Waals surface area contributed by atoms with Crippen molar-refractivity contribution in [3.63, 3.8) is 0 Å². The van der Waals surface area contributed by atoms with Crippen LogP contribution in [0.1, 0.15) is 17.0 Å². The molecule has 0 bridgehead atoms. The van der Waals surface area contributed by atoms with E-state index in [1.165, 1.54) is 9.30 Å². The Morgan fingerprint density at radius 2 is 2.16 bits per heavy atom. The minimum absolute atomic E-state index is 0.158. The van der Waals surface area contributed by atoms with Crippen LogP contribution in [0, 0.1) is 0 Å². The van der Waals surface area contributed by atoms with Crippen LogP contribution in [-0.4, -0.2) is 39.4 Å². The predicted octanol–water partition coefficient (Wildman–Crippen LogP) is -0.0119. The minimum atomic E-state index is -0.500. The summed E-state index contributed by atoms with van der Waals surface area (Å²) >= 11 is 0. The van der Waals surface area contributed by atoms with Crippen molar-refractivity contribution < 1.29 is 14.4 Å². The molecule has 1 aliphatic heterocycles. The molecule has 3 rings (SSSR count). The van der Waals surface area contributed by atoms with Crippen LogP contribution in [-0.2, 0) is 4.79 Å². The van der Waals surface area contributed by atoms with Crippen molar-refractivity contribution in [1.82, 2.24) is 19.9 Å². The van der Waals surface area contributed by atoms with Crippen LogP contribution >= 0.6 is 0 Å². The van der Waals surface area contributed by atoms with Crippen molar-refractivity contribution in [3.8, 4) is 0 Å². The number of carbonyl (C=O) groups excluding carboxylic acids is 3. The lowest BCUT2D eigenvalue weighted by molar-refractivity contribution is -0.120. The first-order valence-corrected chi connectivity index (χ1v) is 5.61. The lowest BCUT2D eigenvalue weighted by Gasteiger charge is -2.26. The number of hydrogen-bond acceptors (Lipinski definition) is 5. The van der Waals surface area contributed by atoms with Gasteiger partial charge in [0.1, 0.15) is 0 Å². The van der Waals surface area contributed by atoms with Gasteiger partial charge in [0.15, 0.2) is 11.9 Å². The monoisotopic (exact) mass is 259 g/mol. The second-order valence-electron chi connectivity index (χ2n) is 4.02. The lowest BCUT2D eigenvalue weighted by atomic mass is 10.2. The zero-order valence-corrected chi connectivity index (χ0v) is 9.74. The molecule has 3 heterocycles. The molecule has 0 atom stereocenters. The summed E-state index contributed by atoms with van der Waals surface area (Å²) in [5.41, 5.74) is 0.905. The van der Waals surface area contributed by atoms with E-state index in [0.717, 1.165) is 0 Å². The number of fused-ring (bicyclic) bond motifs is 1. The molecule has 0 radical (unpaired) electrons. The Balaban J connectivity index is 2.10. The Morgan fingerprint density at radius 1 is 1.32 bits per heavy atom. The summed E-state index contributed by atoms with van der Waals surface area (Å²) in [6.07, 6.45) is 2.45. The molecular formula is C11H9N5O3. The Bertz CT molecular complexity index is 693. The lowest BCUT2D eigenvalue weighted by Crippen LogP contribution is -2.49. The number of rotatable bonds is 2. The number of urea groups is 1. The highest BCUT2D eigenvalue weighted by molar-refractivity contribution is 6.07. The van der Waals surface area contributed by atoms with Gasteiger partial charge in [-0.15, -0.1) is 10.2 Å². The molecule has 2 aromatic rings. The van der Waals surface area contributed by atoms with Crippen LogP contribution in [0.4, 0.5) is 10.5 Å². The smallest absolute Gasteiger partial charge is 0.294 e. The quantitative estimate of drug-likeness (QED) is 0.765. The van der Waals surface area contributed by atoms with Gasteiger partial charge < -0.3 is 0 Å². The van der Waals surface area contributed by atoms with Crippen LogP contribution in [0.3, 0.4) is 0 Å². The van der Waals surface area contributed by atoms with E-state index in [-0.39, 0.29) is 24.7 Å². The summed E-state index contributed by atoms with van der Waals surface area (Å²) in [5.74, 6) is -0.145. The highest BCUT2D eigenvalue weighted by Gasteiger charge is 2.26. The number of amides is 3. The fourth-order valence-corrected chi connectivity index (χ4v) is 2.00. The van der Waals surface area contributed by atoms with E-state index in [0.29, 0.717) is 17.6 Å². The van der Waals surface area contributed by atoms with E-state index in [4.69, 9.17) is 0 Å². The van der Waals surface area contributed by atoms with E-state index < -0.39 is 6.03 Å². The molecule has 19 heavy (non-hydrogen) atoms. The van der Waals surface area contributed by atoms with Crippen LogP contribution < -0.4 is 10.2 Å². The fraction of sp³-hybridized carbons (Fsp3) is 0.182. The summed E-state index contributed by atoms with van der Waals surface area (Å²) in [4.78, 5) is 35.1. The Morgan fingerprint density at radius 3 is 2.89 bits per heavy atom. The van der Waals surface area contributed by atoms with Crippen LogP contribution in [0.25, 0.3) is 5.65 Å². The fourth-order valence-electron chi connectivity index (χ4n) is 2.00. The molecule has 96 valence electrons. The van der Waals surface area contributed by atoms with Gasteiger partial charge in [-0.25, -0.2) is 4.79 Å². The van der Waals surface area contributed by atoms with Crippen molar-refractivity contribution in [2.75, 3.05) is 11.4 Å². The topological polar surface area (TPSA) is 96.7 Å². The van der Waals surface area contributed by atoms with Crippen LogP contribution in [0.5, 0.6) is 0 Å². The molecule has 0 saturated carbocycles. The summed E-state index contributed by atoms with van der Waals surface area (Å²) in [6, 6.07) is 2.87. The first-order valence-electron chi connectivity index (χ1n) is 5.61. The second kappa shape index (κ2) is 4.16. The number of aldehydes is 1. The number of anilines is 1. The molecule has 0 unspecified atom stereocenters. The van der Waals surface area contributed by atoms with Gasteiger partial charge in [-0.05, 0) is 12.1 Å². The number of nitrogens with one attached hydrogen (secondary N) is 1. The van der Waals surface area contributed by atoms with E-state index >= 15 is 0 Å². The number of nitrogens with zero attached hydrogens (tertiary/aromatic N) is 4. The molecule has 0 spiro atoms. The second-order valence-corrected chi connectivity index (χ2v) is 4.02. The van der Waals surface area contributed by atoms with Crippen molar-refractivity contribution in [2.24, 2.45) is 0 Å².